The van der Waals surface area contributed by atoms with Crippen molar-refractivity contribution in [2.45, 2.75) is 6.42 Å². The van der Waals surface area contributed by atoms with E-state index in [1.165, 1.54) is 0 Å². The Morgan fingerprint density at radius 2 is 2.15 bits per heavy atom. The highest BCUT2D eigenvalue weighted by molar-refractivity contribution is 6.07. The van der Waals surface area contributed by atoms with Crippen LogP contribution in [-0.2, 0) is 4.74 Å². The van der Waals surface area contributed by atoms with Crippen LogP contribution in [0, 0.1) is 5.41 Å². The van der Waals surface area contributed by atoms with Gasteiger partial charge in [0.15, 0.2) is 0 Å². The number of hydrogen-bond donors (Lipinski definition) is 2. The lowest BCUT2D eigenvalue weighted by atomic mass is 10.1. The summed E-state index contributed by atoms with van der Waals surface area (Å²) in [5.41, 5.74) is 8.23. The summed E-state index contributed by atoms with van der Waals surface area (Å²) < 4.78 is 5.09. The summed E-state index contributed by atoms with van der Waals surface area (Å²) in [6.45, 7) is 1.55. The first-order chi connectivity index (χ1) is 9.65. The molecule has 0 saturated heterocycles. The molecule has 0 aliphatic heterocycles. The molecule has 0 spiro atoms. The lowest BCUT2D eigenvalue weighted by Crippen LogP contribution is -2.24. The maximum atomic E-state index is 7.74. The van der Waals surface area contributed by atoms with Crippen molar-refractivity contribution < 1.29 is 4.74 Å². The Bertz CT molecular complexity index is 612. The minimum absolute atomic E-state index is 0.0387. The normalized spacial score (nSPS) is 10.7. The molecule has 0 amide bonds. The summed E-state index contributed by atoms with van der Waals surface area (Å²) in [7, 11) is 3.70. The molecule has 2 aromatic rings. The van der Waals surface area contributed by atoms with Gasteiger partial charge in [0.25, 0.3) is 0 Å². The first kappa shape index (κ1) is 14.3. The van der Waals surface area contributed by atoms with Crippen molar-refractivity contribution in [2.75, 3.05) is 32.2 Å². The van der Waals surface area contributed by atoms with Gasteiger partial charge < -0.3 is 15.4 Å². The van der Waals surface area contributed by atoms with Crippen molar-refractivity contribution in [3.63, 3.8) is 0 Å². The number of nitrogens with zero attached hydrogens (tertiary/aromatic N) is 2. The Kier molecular flexibility index (Phi) is 4.53. The molecule has 0 saturated carbocycles. The first-order valence-electron chi connectivity index (χ1n) is 6.57. The molecule has 1 aromatic heterocycles. The number of nitrogen functional groups attached to an aromatic ring is 1. The average molecular weight is 272 g/mol. The van der Waals surface area contributed by atoms with Gasteiger partial charge in [0.1, 0.15) is 5.84 Å². The molecule has 0 bridgehead atoms. The molecule has 0 fully saturated rings. The van der Waals surface area contributed by atoms with Gasteiger partial charge in [-0.2, -0.15) is 0 Å². The quantitative estimate of drug-likeness (QED) is 0.479. The molecule has 0 atom stereocenters. The number of ether oxygens (including phenoxy) is 1. The number of benzene rings is 1. The van der Waals surface area contributed by atoms with Gasteiger partial charge in [-0.15, -0.1) is 0 Å². The Morgan fingerprint density at radius 1 is 1.40 bits per heavy atom. The molecule has 0 unspecified atom stereocenters. The highest BCUT2D eigenvalue weighted by atomic mass is 16.5. The summed E-state index contributed by atoms with van der Waals surface area (Å²) in [6.07, 6.45) is 2.59. The van der Waals surface area contributed by atoms with Gasteiger partial charge in [0.2, 0.25) is 0 Å². The Morgan fingerprint density at radius 3 is 2.85 bits per heavy atom. The molecule has 5 heteroatoms. The van der Waals surface area contributed by atoms with Crippen LogP contribution in [0.5, 0.6) is 0 Å². The minimum atomic E-state index is 0.0387. The van der Waals surface area contributed by atoms with Gasteiger partial charge in [0, 0.05) is 38.9 Å². The van der Waals surface area contributed by atoms with Gasteiger partial charge in [-0.05, 0) is 12.5 Å². The molecule has 5 nitrogen and oxygen atoms in total. The van der Waals surface area contributed by atoms with Crippen LogP contribution in [0.3, 0.4) is 0 Å². The van der Waals surface area contributed by atoms with Crippen molar-refractivity contribution in [1.82, 2.24) is 4.98 Å². The van der Waals surface area contributed by atoms with E-state index in [-0.39, 0.29) is 5.84 Å². The highest BCUT2D eigenvalue weighted by Gasteiger charge is 2.14. The second-order valence-electron chi connectivity index (χ2n) is 4.72. The summed E-state index contributed by atoms with van der Waals surface area (Å²) >= 11 is 0. The second kappa shape index (κ2) is 6.34. The fourth-order valence-electron chi connectivity index (χ4n) is 2.29. The smallest absolute Gasteiger partial charge is 0.126 e. The number of nitrogens with two attached hydrogens (primary N) is 1. The molecule has 0 aliphatic carbocycles. The molecule has 0 radical (unpaired) electrons. The molecule has 106 valence electrons. The van der Waals surface area contributed by atoms with Crippen LogP contribution < -0.4 is 10.6 Å². The van der Waals surface area contributed by atoms with E-state index in [4.69, 9.17) is 15.9 Å². The van der Waals surface area contributed by atoms with Crippen LogP contribution in [0.15, 0.2) is 30.5 Å². The molecular weight excluding hydrogens is 252 g/mol. The minimum Gasteiger partial charge on any atom is -0.385 e. The fourth-order valence-corrected chi connectivity index (χ4v) is 2.29. The summed E-state index contributed by atoms with van der Waals surface area (Å²) in [5, 5.41) is 8.76. The van der Waals surface area contributed by atoms with Crippen LogP contribution in [0.1, 0.15) is 12.0 Å². The van der Waals surface area contributed by atoms with E-state index >= 15 is 0 Å². The molecule has 1 heterocycles. The van der Waals surface area contributed by atoms with E-state index in [1.807, 2.05) is 31.3 Å². The largest absolute Gasteiger partial charge is 0.385 e. The van der Waals surface area contributed by atoms with Crippen molar-refractivity contribution in [3.05, 3.63) is 36.0 Å². The van der Waals surface area contributed by atoms with Crippen molar-refractivity contribution in [2.24, 2.45) is 5.73 Å². The van der Waals surface area contributed by atoms with Crippen LogP contribution in [0.2, 0.25) is 0 Å². The number of nitrogens with one attached hydrogen (secondary N) is 1. The fraction of sp³-hybridized carbons (Fsp3) is 0.333. The Hall–Kier alpha value is -2.14. The zero-order valence-corrected chi connectivity index (χ0v) is 11.9. The Balaban J connectivity index is 2.46. The van der Waals surface area contributed by atoms with E-state index in [0.29, 0.717) is 12.2 Å². The van der Waals surface area contributed by atoms with Crippen molar-refractivity contribution >= 4 is 22.4 Å². The maximum absolute atomic E-state index is 7.74. The topological polar surface area (TPSA) is 75.2 Å². The lowest BCUT2D eigenvalue weighted by Gasteiger charge is -2.23. The van der Waals surface area contributed by atoms with E-state index in [9.17, 15) is 0 Å². The van der Waals surface area contributed by atoms with Gasteiger partial charge >= 0.3 is 0 Å². The highest BCUT2D eigenvalue weighted by Crippen LogP contribution is 2.28. The zero-order valence-electron chi connectivity index (χ0n) is 11.9. The number of pyridine rings is 1. The summed E-state index contributed by atoms with van der Waals surface area (Å²) in [6, 6.07) is 7.90. The Labute approximate surface area is 118 Å². The molecule has 3 N–H and O–H groups in total. The SMILES string of the molecule is COCCCN(C)c1c(C(=N)N)cnc2ccccc12. The third-order valence-corrected chi connectivity index (χ3v) is 3.26. The van der Waals surface area contributed by atoms with Crippen molar-refractivity contribution in [3.8, 4) is 0 Å². The number of fused-ring (bicyclic) bond motifs is 1. The number of aromatic nitrogens is 1. The summed E-state index contributed by atoms with van der Waals surface area (Å²) in [5.74, 6) is 0.0387. The van der Waals surface area contributed by atoms with E-state index in [1.54, 1.807) is 13.3 Å². The number of rotatable bonds is 6. The first-order valence-corrected chi connectivity index (χ1v) is 6.57. The molecule has 1 aromatic carbocycles. The number of para-hydroxylation sites is 1. The lowest BCUT2D eigenvalue weighted by molar-refractivity contribution is 0.196. The van der Waals surface area contributed by atoms with E-state index in [2.05, 4.69) is 9.88 Å². The van der Waals surface area contributed by atoms with Crippen LogP contribution in [-0.4, -0.2) is 38.1 Å². The zero-order chi connectivity index (χ0) is 14.5. The van der Waals surface area contributed by atoms with Gasteiger partial charge in [-0.3, -0.25) is 10.4 Å². The standard InChI is InChI=1S/C15H20N4O/c1-19(8-5-9-20-2)14-11-6-3-4-7-13(11)18-10-12(14)15(16)17/h3-4,6-7,10H,5,8-9H2,1-2H3,(H3,16,17). The van der Waals surface area contributed by atoms with Gasteiger partial charge in [0.05, 0.1) is 16.8 Å². The van der Waals surface area contributed by atoms with E-state index < -0.39 is 0 Å². The van der Waals surface area contributed by atoms with Crippen LogP contribution in [0.4, 0.5) is 5.69 Å². The average Bonchev–Trinajstić information content (AvgIpc) is 2.46. The van der Waals surface area contributed by atoms with Gasteiger partial charge in [-0.1, -0.05) is 18.2 Å². The monoisotopic (exact) mass is 272 g/mol. The number of anilines is 1. The van der Waals surface area contributed by atoms with Gasteiger partial charge in [-0.25, -0.2) is 0 Å². The molecular formula is C15H20N4O. The molecule has 2 rings (SSSR count). The van der Waals surface area contributed by atoms with Crippen LogP contribution in [0.25, 0.3) is 10.9 Å². The number of amidine groups is 1. The van der Waals surface area contributed by atoms with Crippen molar-refractivity contribution in [1.29, 1.82) is 5.41 Å². The second-order valence-corrected chi connectivity index (χ2v) is 4.72. The third-order valence-electron chi connectivity index (χ3n) is 3.26. The molecule has 20 heavy (non-hydrogen) atoms. The third kappa shape index (κ3) is 2.88. The van der Waals surface area contributed by atoms with Crippen LogP contribution >= 0.6 is 0 Å². The number of hydrogen-bond acceptors (Lipinski definition) is 4. The summed E-state index contributed by atoms with van der Waals surface area (Å²) in [4.78, 5) is 6.48. The van der Waals surface area contributed by atoms with E-state index in [0.717, 1.165) is 29.6 Å². The molecule has 0 aliphatic rings. The number of methoxy groups -OCH3 is 1. The predicted octanol–water partition coefficient (Wildman–Crippen LogP) is 1.99. The maximum Gasteiger partial charge on any atom is 0.126 e. The predicted molar refractivity (Wildman–Crippen MR) is 82.5 cm³/mol.